The third-order valence-electron chi connectivity index (χ3n) is 9.08. The molecule has 8 heteroatoms. The maximum atomic E-state index is 14.0. The number of nitrogens with zero attached hydrogens (tertiary/aromatic N) is 2. The average Bonchev–Trinajstić information content (AvgIpc) is 3.71. The normalized spacial score (nSPS) is 21.5. The van der Waals surface area contributed by atoms with Crippen LogP contribution in [0.15, 0.2) is 72.8 Å². The zero-order valence-corrected chi connectivity index (χ0v) is 25.7. The lowest BCUT2D eigenvalue weighted by Crippen LogP contribution is -2.52. The molecule has 1 aliphatic carbocycles. The number of likely N-dealkylation sites (N-methyl/N-ethyl adjacent to an activating group) is 1. The second kappa shape index (κ2) is 12.7. The van der Waals surface area contributed by atoms with Gasteiger partial charge in [0.05, 0.1) is 21.0 Å². The quantitative estimate of drug-likeness (QED) is 0.270. The van der Waals surface area contributed by atoms with Crippen LogP contribution in [0, 0.1) is 11.7 Å². The molecule has 1 heterocycles. The van der Waals surface area contributed by atoms with Gasteiger partial charge in [-0.3, -0.25) is 9.59 Å². The third kappa shape index (κ3) is 6.51. The first kappa shape index (κ1) is 30.5. The zero-order valence-electron chi connectivity index (χ0n) is 24.2. The van der Waals surface area contributed by atoms with Crippen molar-refractivity contribution in [3.05, 3.63) is 105 Å². The Hall–Kier alpha value is -2.93. The summed E-state index contributed by atoms with van der Waals surface area (Å²) >= 11 is 12.6. The molecule has 42 heavy (non-hydrogen) atoms. The summed E-state index contributed by atoms with van der Waals surface area (Å²) in [5, 5.41) is 4.17. The lowest BCUT2D eigenvalue weighted by atomic mass is 9.80. The predicted octanol–water partition coefficient (Wildman–Crippen LogP) is 6.96. The number of benzene rings is 3. The van der Waals surface area contributed by atoms with Crippen LogP contribution in [0.25, 0.3) is 0 Å². The molecule has 3 aromatic rings. The van der Waals surface area contributed by atoms with Crippen LogP contribution in [0.2, 0.25) is 10.0 Å². The Bertz CT molecular complexity index is 1410. The molecule has 222 valence electrons. The van der Waals surface area contributed by atoms with Crippen molar-refractivity contribution < 1.29 is 14.0 Å². The van der Waals surface area contributed by atoms with E-state index in [-0.39, 0.29) is 29.1 Å². The molecule has 1 N–H and O–H groups in total. The van der Waals surface area contributed by atoms with Crippen molar-refractivity contribution in [1.29, 1.82) is 0 Å². The maximum Gasteiger partial charge on any atom is 0.233 e. The smallest absolute Gasteiger partial charge is 0.233 e. The van der Waals surface area contributed by atoms with Crippen LogP contribution in [-0.4, -0.2) is 48.3 Å². The average molecular weight is 611 g/mol. The number of carbonyl (C=O) groups excluding carboxylic acids is 2. The van der Waals surface area contributed by atoms with Gasteiger partial charge in [0, 0.05) is 33.6 Å². The van der Waals surface area contributed by atoms with Crippen molar-refractivity contribution in [3.63, 3.8) is 0 Å². The van der Waals surface area contributed by atoms with Crippen molar-refractivity contribution in [1.82, 2.24) is 15.1 Å². The van der Waals surface area contributed by atoms with Crippen molar-refractivity contribution in [2.45, 2.75) is 56.5 Å². The van der Waals surface area contributed by atoms with Gasteiger partial charge in [0.15, 0.2) is 0 Å². The van der Waals surface area contributed by atoms with Gasteiger partial charge >= 0.3 is 0 Å². The van der Waals surface area contributed by atoms with Gasteiger partial charge in [-0.2, -0.15) is 0 Å². The lowest BCUT2D eigenvalue weighted by molar-refractivity contribution is -0.133. The summed E-state index contributed by atoms with van der Waals surface area (Å²) in [6, 6.07) is 22.1. The number of nitrogens with one attached hydrogen (secondary N) is 1. The van der Waals surface area contributed by atoms with E-state index in [1.165, 1.54) is 12.1 Å². The van der Waals surface area contributed by atoms with E-state index in [2.05, 4.69) is 22.3 Å². The van der Waals surface area contributed by atoms with Gasteiger partial charge in [0.2, 0.25) is 11.8 Å². The minimum absolute atomic E-state index is 0.00579. The number of halogens is 3. The molecule has 1 saturated heterocycles. The van der Waals surface area contributed by atoms with Crippen molar-refractivity contribution >= 4 is 35.0 Å². The molecule has 2 fully saturated rings. The summed E-state index contributed by atoms with van der Waals surface area (Å²) in [7, 11) is 1.81. The van der Waals surface area contributed by atoms with E-state index in [0.717, 1.165) is 68.4 Å². The fourth-order valence-electron chi connectivity index (χ4n) is 6.77. The molecule has 0 aromatic heterocycles. The minimum Gasteiger partial charge on any atom is -0.347 e. The molecule has 0 spiro atoms. The molecule has 2 atom stereocenters. The van der Waals surface area contributed by atoms with Gasteiger partial charge in [-0.05, 0) is 85.5 Å². The van der Waals surface area contributed by atoms with E-state index < -0.39 is 5.41 Å². The largest absolute Gasteiger partial charge is 0.347 e. The zero-order chi connectivity index (χ0) is 29.9. The van der Waals surface area contributed by atoms with Crippen molar-refractivity contribution in [2.24, 2.45) is 5.92 Å². The first-order chi connectivity index (χ1) is 20.1. The summed E-state index contributed by atoms with van der Waals surface area (Å²) in [5.41, 5.74) is 1.97. The highest BCUT2D eigenvalue weighted by atomic mass is 35.5. The molecule has 0 bridgehead atoms. The predicted molar refractivity (Wildman–Crippen MR) is 166 cm³/mol. The lowest BCUT2D eigenvalue weighted by Gasteiger charge is -2.42. The van der Waals surface area contributed by atoms with Crippen LogP contribution >= 0.6 is 23.2 Å². The fraction of sp³-hybridized carbons (Fsp3) is 0.412. The number of hydrogen-bond acceptors (Lipinski definition) is 3. The molecule has 5 rings (SSSR count). The highest BCUT2D eigenvalue weighted by Crippen LogP contribution is 2.58. The monoisotopic (exact) mass is 609 g/mol. The minimum atomic E-state index is -0.640. The number of carbonyl (C=O) groups is 2. The van der Waals surface area contributed by atoms with E-state index in [0.29, 0.717) is 16.6 Å². The van der Waals surface area contributed by atoms with Crippen LogP contribution in [-0.2, 0) is 27.1 Å². The van der Waals surface area contributed by atoms with Crippen LogP contribution in [0.1, 0.15) is 55.7 Å². The summed E-state index contributed by atoms with van der Waals surface area (Å²) in [4.78, 5) is 30.3. The molecular formula is C34H38Cl2FN3O2. The molecule has 2 amide bonds. The van der Waals surface area contributed by atoms with Crippen LogP contribution in [0.3, 0.4) is 0 Å². The van der Waals surface area contributed by atoms with Gasteiger partial charge in [-0.15, -0.1) is 0 Å². The Morgan fingerprint density at radius 2 is 1.67 bits per heavy atom. The van der Waals surface area contributed by atoms with E-state index in [1.54, 1.807) is 30.0 Å². The molecular weight excluding hydrogens is 572 g/mol. The summed E-state index contributed by atoms with van der Waals surface area (Å²) < 4.78 is 13.4. The number of amides is 2. The van der Waals surface area contributed by atoms with Gasteiger partial charge in [-0.25, -0.2) is 4.39 Å². The van der Waals surface area contributed by atoms with E-state index in [9.17, 15) is 14.0 Å². The highest BCUT2D eigenvalue weighted by Gasteiger charge is 2.61. The Morgan fingerprint density at radius 3 is 2.31 bits per heavy atom. The highest BCUT2D eigenvalue weighted by molar-refractivity contribution is 6.42. The summed E-state index contributed by atoms with van der Waals surface area (Å²) in [6.45, 7) is 4.73. The van der Waals surface area contributed by atoms with Crippen molar-refractivity contribution in [3.8, 4) is 0 Å². The molecule has 0 radical (unpaired) electrons. The van der Waals surface area contributed by atoms with Crippen molar-refractivity contribution in [2.75, 3.05) is 26.7 Å². The molecule has 2 unspecified atom stereocenters. The van der Waals surface area contributed by atoms with Gasteiger partial charge in [-0.1, -0.05) is 71.7 Å². The van der Waals surface area contributed by atoms with E-state index in [4.69, 9.17) is 23.2 Å². The number of piperidine rings is 1. The van der Waals surface area contributed by atoms with Gasteiger partial charge < -0.3 is 15.1 Å². The van der Waals surface area contributed by atoms with Crippen LogP contribution < -0.4 is 5.32 Å². The first-order valence-corrected chi connectivity index (χ1v) is 15.4. The van der Waals surface area contributed by atoms with Crippen LogP contribution in [0.5, 0.6) is 0 Å². The maximum absolute atomic E-state index is 14.0. The number of hydrogen-bond donors (Lipinski definition) is 1. The molecule has 5 nitrogen and oxygen atoms in total. The summed E-state index contributed by atoms with van der Waals surface area (Å²) in [6.07, 6.45) is 4.38. The Kier molecular flexibility index (Phi) is 9.26. The summed E-state index contributed by atoms with van der Waals surface area (Å²) in [5.74, 6) is -0.0489. The Balaban J connectivity index is 1.23. The second-order valence-corrected chi connectivity index (χ2v) is 12.7. The molecule has 3 aromatic carbocycles. The van der Waals surface area contributed by atoms with Gasteiger partial charge in [0.25, 0.3) is 0 Å². The van der Waals surface area contributed by atoms with Gasteiger partial charge in [0.1, 0.15) is 5.82 Å². The number of likely N-dealkylation sites (tertiary alicyclic amines) is 1. The third-order valence-corrected chi connectivity index (χ3v) is 9.82. The molecule has 1 saturated carbocycles. The van der Waals surface area contributed by atoms with E-state index >= 15 is 0 Å². The SMILES string of the molecule is CC(=O)NC1(c2ccccc2)CCN(CCCC2CC2(C(=O)N(C)Cc2ccc(F)cc2)c2ccc(Cl)c(Cl)c2)CC1. The molecule has 1 aliphatic heterocycles. The second-order valence-electron chi connectivity index (χ2n) is 11.9. The van der Waals surface area contributed by atoms with E-state index in [1.807, 2.05) is 37.4 Å². The Morgan fingerprint density at radius 1 is 0.976 bits per heavy atom. The topological polar surface area (TPSA) is 52.7 Å². The molecule has 2 aliphatic rings. The fourth-order valence-corrected chi connectivity index (χ4v) is 7.06. The first-order valence-electron chi connectivity index (χ1n) is 14.7. The number of rotatable bonds is 10. The van der Waals surface area contributed by atoms with Crippen LogP contribution in [0.4, 0.5) is 4.39 Å². The standard InChI is InChI=1S/C34H38Cl2FN3O2/c1-24(41)38-33(26-7-4-3-5-8-26)16-19-40(20-17-33)18-6-9-28-22-34(28,27-12-15-30(35)31(36)21-27)32(42)39(2)23-25-10-13-29(37)14-11-25/h3-5,7-8,10-15,21,28H,6,9,16-20,22-23H2,1-2H3,(H,38,41). The Labute approximate surface area is 258 Å².